The molecule has 1 aromatic carbocycles. The molecule has 160 valence electrons. The molecule has 1 aliphatic rings. The van der Waals surface area contributed by atoms with Crippen molar-refractivity contribution >= 4 is 11.6 Å². The van der Waals surface area contributed by atoms with Gasteiger partial charge in [0.25, 0.3) is 0 Å². The zero-order chi connectivity index (χ0) is 22.0. The number of likely N-dealkylation sites (tertiary alicyclic amines) is 1. The molecule has 0 saturated carbocycles. The molecule has 2 atom stereocenters. The Morgan fingerprint density at radius 3 is 2.10 bits per heavy atom. The van der Waals surface area contributed by atoms with Gasteiger partial charge in [0.2, 0.25) is 5.91 Å². The first-order chi connectivity index (χ1) is 13.3. The number of nitrogens with one attached hydrogen (secondary N) is 1. The molecule has 0 aliphatic carbocycles. The second-order valence-corrected chi connectivity index (χ2v) is 6.95. The van der Waals surface area contributed by atoms with Gasteiger partial charge in [0, 0.05) is 18.7 Å². The van der Waals surface area contributed by atoms with Gasteiger partial charge >= 0.3 is 12.4 Å². The van der Waals surface area contributed by atoms with E-state index in [-0.39, 0.29) is 19.0 Å². The van der Waals surface area contributed by atoms with Gasteiger partial charge in [0.15, 0.2) is 5.79 Å². The van der Waals surface area contributed by atoms with Crippen molar-refractivity contribution in [2.24, 2.45) is 11.7 Å². The molecule has 0 radical (unpaired) electrons. The van der Waals surface area contributed by atoms with E-state index in [1.807, 2.05) is 6.07 Å². The van der Waals surface area contributed by atoms with Crippen LogP contribution in [0.3, 0.4) is 0 Å². The van der Waals surface area contributed by atoms with Gasteiger partial charge in [-0.1, -0.05) is 6.42 Å². The van der Waals surface area contributed by atoms with Gasteiger partial charge in [-0.2, -0.15) is 31.6 Å². The average molecular weight is 422 g/mol. The number of anilines is 1. The van der Waals surface area contributed by atoms with E-state index in [2.05, 4.69) is 5.32 Å². The normalized spacial score (nSPS) is 19.1. The Labute approximate surface area is 163 Å². The average Bonchev–Trinajstić information content (AvgIpc) is 2.83. The van der Waals surface area contributed by atoms with Crippen LogP contribution < -0.4 is 11.1 Å². The number of nitrogens with zero attached hydrogens (tertiary/aromatic N) is 2. The minimum atomic E-state index is -5.03. The van der Waals surface area contributed by atoms with Crippen molar-refractivity contribution in [2.45, 2.75) is 50.7 Å². The molecule has 3 N–H and O–H groups in total. The molecule has 1 aliphatic heterocycles. The zero-order valence-electron chi connectivity index (χ0n) is 15.5. The number of amides is 1. The Balaban J connectivity index is 2.56. The predicted molar refractivity (Wildman–Crippen MR) is 91.9 cm³/mol. The third-order valence-electron chi connectivity index (χ3n) is 4.81. The van der Waals surface area contributed by atoms with Crippen LogP contribution in [0.2, 0.25) is 0 Å². The van der Waals surface area contributed by atoms with E-state index in [4.69, 9.17) is 5.73 Å². The molecule has 5 nitrogen and oxygen atoms in total. The van der Waals surface area contributed by atoms with E-state index < -0.39 is 46.8 Å². The van der Waals surface area contributed by atoms with Crippen LogP contribution in [-0.4, -0.2) is 23.1 Å². The van der Waals surface area contributed by atoms with Crippen LogP contribution in [-0.2, 0) is 17.1 Å². The first kappa shape index (κ1) is 22.8. The summed E-state index contributed by atoms with van der Waals surface area (Å²) in [5, 5.41) is 11.8. The van der Waals surface area contributed by atoms with Crippen LogP contribution in [0.25, 0.3) is 0 Å². The monoisotopic (exact) mass is 422 g/mol. The number of halogens is 6. The molecule has 2 rings (SSSR count). The molecule has 2 unspecified atom stereocenters. The SMILES string of the molecule is CC(C#N)C(N)(Nc1cc(C(F)(F)F)cc(C(F)(F)F)c1)N1CCCCCC1=O. The summed E-state index contributed by atoms with van der Waals surface area (Å²) in [4.78, 5) is 13.6. The minimum absolute atomic E-state index is 0.00577. The first-order valence-corrected chi connectivity index (χ1v) is 8.85. The molecule has 0 aromatic heterocycles. The fourth-order valence-corrected chi connectivity index (χ4v) is 3.14. The smallest absolute Gasteiger partial charge is 0.349 e. The Morgan fingerprint density at radius 1 is 1.07 bits per heavy atom. The van der Waals surface area contributed by atoms with E-state index in [1.54, 1.807) is 0 Å². The maximum Gasteiger partial charge on any atom is 0.416 e. The summed E-state index contributed by atoms with van der Waals surface area (Å²) in [6, 6.07) is 2.77. The third-order valence-corrected chi connectivity index (χ3v) is 4.81. The standard InChI is InChI=1S/C18H20F6N4O/c1-11(10-25)18(26,28-6-4-2-3-5-15(28)29)27-14-8-12(16(19,20)21)7-13(9-14)17(22,23)24/h7-9,11,27H,2-6,26H2,1H3. The van der Waals surface area contributed by atoms with Crippen molar-refractivity contribution < 1.29 is 31.1 Å². The highest BCUT2D eigenvalue weighted by atomic mass is 19.4. The van der Waals surface area contributed by atoms with Crippen molar-refractivity contribution in [1.82, 2.24) is 4.90 Å². The Hall–Kier alpha value is -2.48. The summed E-state index contributed by atoms with van der Waals surface area (Å²) < 4.78 is 78.7. The topological polar surface area (TPSA) is 82.2 Å². The van der Waals surface area contributed by atoms with Crippen molar-refractivity contribution in [1.29, 1.82) is 5.26 Å². The van der Waals surface area contributed by atoms with Gasteiger partial charge in [-0.15, -0.1) is 0 Å². The second-order valence-electron chi connectivity index (χ2n) is 6.95. The Kier molecular flexibility index (Phi) is 6.37. The highest BCUT2D eigenvalue weighted by molar-refractivity contribution is 5.78. The van der Waals surface area contributed by atoms with Crippen LogP contribution in [0, 0.1) is 17.2 Å². The first-order valence-electron chi connectivity index (χ1n) is 8.85. The molecule has 29 heavy (non-hydrogen) atoms. The lowest BCUT2D eigenvalue weighted by molar-refractivity contribution is -0.143. The second kappa shape index (κ2) is 8.10. The molecular weight excluding hydrogens is 402 g/mol. The Morgan fingerprint density at radius 2 is 1.62 bits per heavy atom. The highest BCUT2D eigenvalue weighted by Gasteiger charge is 2.43. The zero-order valence-corrected chi connectivity index (χ0v) is 15.5. The fraction of sp³-hybridized carbons (Fsp3) is 0.556. The van der Waals surface area contributed by atoms with Crippen molar-refractivity contribution in [3.05, 3.63) is 29.3 Å². The fourth-order valence-electron chi connectivity index (χ4n) is 3.14. The molecule has 1 saturated heterocycles. The van der Waals surface area contributed by atoms with Crippen LogP contribution in [0.15, 0.2) is 18.2 Å². The summed E-state index contributed by atoms with van der Waals surface area (Å²) in [6.07, 6.45) is -8.12. The van der Waals surface area contributed by atoms with Crippen LogP contribution in [0.5, 0.6) is 0 Å². The van der Waals surface area contributed by atoms with Crippen LogP contribution in [0.4, 0.5) is 32.0 Å². The van der Waals surface area contributed by atoms with E-state index >= 15 is 0 Å². The highest BCUT2D eigenvalue weighted by Crippen LogP contribution is 2.38. The Bertz CT molecular complexity index is 769. The largest absolute Gasteiger partial charge is 0.416 e. The molecule has 0 spiro atoms. The van der Waals surface area contributed by atoms with Crippen molar-refractivity contribution in [3.8, 4) is 6.07 Å². The molecule has 1 amide bonds. The number of alkyl halides is 6. The maximum absolute atomic E-state index is 13.1. The van der Waals surface area contributed by atoms with Gasteiger partial charge < -0.3 is 10.2 Å². The summed E-state index contributed by atoms with van der Waals surface area (Å²) in [5.41, 5.74) is 2.61. The lowest BCUT2D eigenvalue weighted by atomic mass is 10.0. The molecule has 0 bridgehead atoms. The molecule has 1 heterocycles. The summed E-state index contributed by atoms with van der Waals surface area (Å²) in [5.74, 6) is -3.54. The maximum atomic E-state index is 13.1. The van der Waals surface area contributed by atoms with Gasteiger partial charge in [-0.05, 0) is 38.0 Å². The third kappa shape index (κ3) is 5.12. The molecule has 1 aromatic rings. The van der Waals surface area contributed by atoms with Gasteiger partial charge in [0.1, 0.15) is 0 Å². The molecule has 11 heteroatoms. The lowest BCUT2D eigenvalue weighted by Gasteiger charge is -2.43. The van der Waals surface area contributed by atoms with E-state index in [1.165, 1.54) is 6.92 Å². The van der Waals surface area contributed by atoms with Crippen LogP contribution >= 0.6 is 0 Å². The van der Waals surface area contributed by atoms with Gasteiger partial charge in [0.05, 0.1) is 23.1 Å². The minimum Gasteiger partial charge on any atom is -0.349 e. The van der Waals surface area contributed by atoms with E-state index in [0.717, 1.165) is 4.90 Å². The van der Waals surface area contributed by atoms with Gasteiger partial charge in [-0.25, -0.2) is 0 Å². The molecular formula is C18H20F6N4O. The number of carbonyl (C=O) groups is 1. The number of hydrogen-bond acceptors (Lipinski definition) is 4. The van der Waals surface area contributed by atoms with Crippen molar-refractivity contribution in [3.63, 3.8) is 0 Å². The van der Waals surface area contributed by atoms with E-state index in [0.29, 0.717) is 31.4 Å². The number of rotatable bonds is 4. The lowest BCUT2D eigenvalue weighted by Crippen LogP contribution is -2.66. The number of nitriles is 1. The summed E-state index contributed by atoms with van der Waals surface area (Å²) in [7, 11) is 0. The predicted octanol–water partition coefficient (Wildman–Crippen LogP) is 4.31. The number of benzene rings is 1. The van der Waals surface area contributed by atoms with E-state index in [9.17, 15) is 36.4 Å². The quantitative estimate of drug-likeness (QED) is 0.560. The number of carbonyl (C=O) groups excluding carboxylic acids is 1. The van der Waals surface area contributed by atoms with Crippen molar-refractivity contribution in [2.75, 3.05) is 11.9 Å². The molecule has 1 fully saturated rings. The number of hydrogen-bond donors (Lipinski definition) is 2. The number of nitrogens with two attached hydrogens (primary N) is 1. The summed E-state index contributed by atoms with van der Waals surface area (Å²) in [6.45, 7) is 1.46. The van der Waals surface area contributed by atoms with Gasteiger partial charge in [-0.3, -0.25) is 10.5 Å². The van der Waals surface area contributed by atoms with Crippen LogP contribution in [0.1, 0.15) is 43.7 Å². The summed E-state index contributed by atoms with van der Waals surface area (Å²) >= 11 is 0.